The number of nitrogens with one attached hydrogen (secondary N) is 4. The van der Waals surface area contributed by atoms with Crippen molar-refractivity contribution in [2.75, 3.05) is 40.0 Å². The van der Waals surface area contributed by atoms with Gasteiger partial charge in [-0.05, 0) is 57.4 Å². The highest BCUT2D eigenvalue weighted by Gasteiger charge is 2.39. The van der Waals surface area contributed by atoms with Gasteiger partial charge >= 0.3 is 0 Å². The van der Waals surface area contributed by atoms with Gasteiger partial charge in [-0.1, -0.05) is 72.6 Å². The number of amides is 5. The van der Waals surface area contributed by atoms with Gasteiger partial charge in [0.15, 0.2) is 0 Å². The van der Waals surface area contributed by atoms with E-state index >= 15 is 0 Å². The van der Waals surface area contributed by atoms with E-state index in [2.05, 4.69) is 28.2 Å². The SMILES string of the molecule is CCCCCC[C@H]1OC[C@@H](C)NC(=O)[C@H](COCCCN)NC(=O)[C@H](CN)NC(=O)[C@H](C2CCCCC2)NC(=O)[C@H](CC(C)C)N(C)C(=O)[C@@H]1C. The maximum absolute atomic E-state index is 14.2. The molecule has 0 aromatic rings. The minimum Gasteiger partial charge on any atom is -0.379 e. The van der Waals surface area contributed by atoms with E-state index in [1.54, 1.807) is 14.0 Å². The van der Waals surface area contributed by atoms with E-state index in [9.17, 15) is 24.0 Å². The van der Waals surface area contributed by atoms with Crippen LogP contribution in [0.15, 0.2) is 0 Å². The quantitative estimate of drug-likeness (QED) is 0.144. The summed E-state index contributed by atoms with van der Waals surface area (Å²) >= 11 is 0. The molecule has 1 saturated carbocycles. The first-order valence-electron chi connectivity index (χ1n) is 19.4. The lowest BCUT2D eigenvalue weighted by atomic mass is 9.83. The topological polar surface area (TPSA) is 207 Å². The van der Waals surface area contributed by atoms with Crippen LogP contribution < -0.4 is 32.7 Å². The number of carbonyl (C=O) groups excluding carboxylic acids is 5. The summed E-state index contributed by atoms with van der Waals surface area (Å²) in [6.07, 6.45) is 9.48. The molecule has 1 aliphatic carbocycles. The van der Waals surface area contributed by atoms with E-state index in [1.807, 2.05) is 20.8 Å². The number of carbonyl (C=O) groups is 5. The summed E-state index contributed by atoms with van der Waals surface area (Å²) in [5.41, 5.74) is 11.6. The van der Waals surface area contributed by atoms with E-state index in [0.29, 0.717) is 32.4 Å². The zero-order valence-corrected chi connectivity index (χ0v) is 32.2. The maximum Gasteiger partial charge on any atom is 0.245 e. The summed E-state index contributed by atoms with van der Waals surface area (Å²) in [7, 11) is 1.64. The molecule has 294 valence electrons. The number of likely N-dealkylation sites (N-methyl/N-ethyl adjacent to an activating group) is 1. The number of rotatable bonds is 14. The molecule has 1 saturated heterocycles. The standard InChI is InChI=1S/C37H69N7O7/c1-7-8-9-13-17-31-26(5)37(49)44(6)30(20-24(2)3)35(47)43-32(27-15-11-10-12-16-27)36(48)41-28(21-39)33(45)42-29(23-50-19-14-18-38)34(46)40-25(4)22-51-31/h24-32H,7-23,38-39H2,1-6H3,(H,40,46)(H,41,48)(H,42,45)(H,43,47)/t25-,26-,28+,29+,30+,31-,32+/m1/s1. The van der Waals surface area contributed by atoms with Crippen molar-refractivity contribution in [3.63, 3.8) is 0 Å². The Labute approximate surface area is 306 Å². The lowest BCUT2D eigenvalue weighted by Gasteiger charge is -2.36. The molecule has 0 aromatic heterocycles. The largest absolute Gasteiger partial charge is 0.379 e. The molecule has 2 rings (SSSR count). The highest BCUT2D eigenvalue weighted by atomic mass is 16.5. The number of unbranched alkanes of at least 4 members (excludes halogenated alkanes) is 3. The van der Waals surface area contributed by atoms with Crippen LogP contribution in [0.1, 0.15) is 112 Å². The Morgan fingerprint density at radius 1 is 0.843 bits per heavy atom. The summed E-state index contributed by atoms with van der Waals surface area (Å²) in [5.74, 6) is -2.95. The predicted molar refractivity (Wildman–Crippen MR) is 197 cm³/mol. The summed E-state index contributed by atoms with van der Waals surface area (Å²) < 4.78 is 12.0. The third kappa shape index (κ3) is 15.0. The van der Waals surface area contributed by atoms with Crippen molar-refractivity contribution in [2.24, 2.45) is 29.2 Å². The van der Waals surface area contributed by atoms with Crippen molar-refractivity contribution in [1.29, 1.82) is 0 Å². The second kappa shape index (κ2) is 23.7. The Hall–Kier alpha value is -2.81. The van der Waals surface area contributed by atoms with Crippen LogP contribution in [0.4, 0.5) is 0 Å². The molecule has 8 N–H and O–H groups in total. The molecule has 2 aliphatic rings. The van der Waals surface area contributed by atoms with Gasteiger partial charge in [0.1, 0.15) is 24.2 Å². The fourth-order valence-electron chi connectivity index (χ4n) is 6.87. The van der Waals surface area contributed by atoms with Gasteiger partial charge in [0.05, 0.1) is 25.2 Å². The molecule has 14 nitrogen and oxygen atoms in total. The number of hydrogen-bond donors (Lipinski definition) is 6. The second-order valence-electron chi connectivity index (χ2n) is 15.0. The Balaban J connectivity index is 2.54. The fraction of sp³-hybridized carbons (Fsp3) is 0.865. The minimum atomic E-state index is -1.17. The van der Waals surface area contributed by atoms with Gasteiger partial charge in [0, 0.05) is 26.2 Å². The summed E-state index contributed by atoms with van der Waals surface area (Å²) in [5, 5.41) is 11.4. The summed E-state index contributed by atoms with van der Waals surface area (Å²) in [4.78, 5) is 70.9. The summed E-state index contributed by atoms with van der Waals surface area (Å²) in [6.45, 7) is 10.2. The van der Waals surface area contributed by atoms with Gasteiger partial charge in [0.25, 0.3) is 0 Å². The van der Waals surface area contributed by atoms with E-state index in [0.717, 1.165) is 57.8 Å². The van der Waals surface area contributed by atoms with E-state index < -0.39 is 65.9 Å². The lowest BCUT2D eigenvalue weighted by Crippen LogP contribution is -2.62. The van der Waals surface area contributed by atoms with Crippen molar-refractivity contribution >= 4 is 29.5 Å². The highest BCUT2D eigenvalue weighted by molar-refractivity contribution is 5.96. The van der Waals surface area contributed by atoms with Crippen LogP contribution in [0.25, 0.3) is 0 Å². The molecule has 0 bridgehead atoms. The van der Waals surface area contributed by atoms with Gasteiger partial charge in [-0.3, -0.25) is 24.0 Å². The molecule has 14 heteroatoms. The van der Waals surface area contributed by atoms with Crippen LogP contribution in [0, 0.1) is 17.8 Å². The molecule has 2 fully saturated rings. The van der Waals surface area contributed by atoms with Crippen LogP contribution in [0.3, 0.4) is 0 Å². The number of nitrogens with zero attached hydrogens (tertiary/aromatic N) is 1. The Bertz CT molecular complexity index is 1090. The Morgan fingerprint density at radius 2 is 1.51 bits per heavy atom. The van der Waals surface area contributed by atoms with Crippen molar-refractivity contribution in [1.82, 2.24) is 26.2 Å². The van der Waals surface area contributed by atoms with Gasteiger partial charge in [-0.2, -0.15) is 0 Å². The maximum atomic E-state index is 14.2. The van der Waals surface area contributed by atoms with Crippen LogP contribution in [0.2, 0.25) is 0 Å². The molecule has 0 aromatic carbocycles. The first-order valence-corrected chi connectivity index (χ1v) is 19.4. The molecule has 51 heavy (non-hydrogen) atoms. The molecule has 0 spiro atoms. The van der Waals surface area contributed by atoms with Crippen LogP contribution >= 0.6 is 0 Å². The Morgan fingerprint density at radius 3 is 2.14 bits per heavy atom. The second-order valence-corrected chi connectivity index (χ2v) is 15.0. The molecule has 5 amide bonds. The average Bonchev–Trinajstić information content (AvgIpc) is 3.11. The van der Waals surface area contributed by atoms with Gasteiger partial charge < -0.3 is 47.1 Å². The molecular formula is C37H69N7O7. The minimum absolute atomic E-state index is 0.0815. The average molecular weight is 724 g/mol. The molecule has 0 radical (unpaired) electrons. The Kier molecular flexibility index (Phi) is 20.6. The smallest absolute Gasteiger partial charge is 0.245 e. The molecular weight excluding hydrogens is 654 g/mol. The van der Waals surface area contributed by atoms with Crippen molar-refractivity contribution in [3.05, 3.63) is 0 Å². The van der Waals surface area contributed by atoms with E-state index in [4.69, 9.17) is 20.9 Å². The molecule has 1 heterocycles. The summed E-state index contributed by atoms with van der Waals surface area (Å²) in [6, 6.07) is -4.50. The molecule has 7 atom stereocenters. The highest BCUT2D eigenvalue weighted by Crippen LogP contribution is 2.28. The van der Waals surface area contributed by atoms with Gasteiger partial charge in [0.2, 0.25) is 29.5 Å². The van der Waals surface area contributed by atoms with Gasteiger partial charge in [-0.25, -0.2) is 0 Å². The zero-order chi connectivity index (χ0) is 37.9. The zero-order valence-electron chi connectivity index (χ0n) is 32.2. The fourth-order valence-corrected chi connectivity index (χ4v) is 6.87. The third-order valence-electron chi connectivity index (χ3n) is 10.0. The van der Waals surface area contributed by atoms with Crippen molar-refractivity contribution in [3.8, 4) is 0 Å². The normalized spacial score (nSPS) is 28.7. The molecule has 1 aliphatic heterocycles. The first kappa shape index (κ1) is 44.4. The lowest BCUT2D eigenvalue weighted by molar-refractivity contribution is -0.147. The van der Waals surface area contributed by atoms with E-state index in [-0.39, 0.29) is 37.5 Å². The monoisotopic (exact) mass is 724 g/mol. The number of ether oxygens (including phenoxy) is 2. The van der Waals surface area contributed by atoms with Crippen LogP contribution in [0.5, 0.6) is 0 Å². The molecule has 0 unspecified atom stereocenters. The van der Waals surface area contributed by atoms with Crippen LogP contribution in [-0.4, -0.2) is 111 Å². The van der Waals surface area contributed by atoms with E-state index in [1.165, 1.54) is 4.90 Å². The van der Waals surface area contributed by atoms with Crippen molar-refractivity contribution in [2.45, 2.75) is 148 Å². The van der Waals surface area contributed by atoms with Crippen molar-refractivity contribution < 1.29 is 33.4 Å². The van der Waals surface area contributed by atoms with Gasteiger partial charge in [-0.15, -0.1) is 0 Å². The number of nitrogens with two attached hydrogens (primary N) is 2. The predicted octanol–water partition coefficient (Wildman–Crippen LogP) is 1.73. The third-order valence-corrected chi connectivity index (χ3v) is 10.0. The van der Waals surface area contributed by atoms with Crippen LogP contribution in [-0.2, 0) is 33.4 Å². The first-order chi connectivity index (χ1) is 24.3. The number of hydrogen-bond acceptors (Lipinski definition) is 9.